The SMILES string of the molecule is OC1CCCCC1CCc1ccccc1F. The molecular weight excluding hydrogens is 203 g/mol. The van der Waals surface area contributed by atoms with Gasteiger partial charge < -0.3 is 5.11 Å². The van der Waals surface area contributed by atoms with E-state index in [1.807, 2.05) is 12.1 Å². The Labute approximate surface area is 96.3 Å². The van der Waals surface area contributed by atoms with Crippen LogP contribution in [-0.4, -0.2) is 11.2 Å². The van der Waals surface area contributed by atoms with Gasteiger partial charge in [-0.2, -0.15) is 0 Å². The van der Waals surface area contributed by atoms with Crippen molar-refractivity contribution < 1.29 is 9.50 Å². The monoisotopic (exact) mass is 222 g/mol. The van der Waals surface area contributed by atoms with Crippen molar-refractivity contribution in [3.8, 4) is 0 Å². The van der Waals surface area contributed by atoms with Gasteiger partial charge >= 0.3 is 0 Å². The zero-order valence-corrected chi connectivity index (χ0v) is 9.53. The van der Waals surface area contributed by atoms with Gasteiger partial charge in [-0.25, -0.2) is 4.39 Å². The summed E-state index contributed by atoms with van der Waals surface area (Å²) in [6, 6.07) is 6.93. The molecule has 0 aliphatic heterocycles. The number of aliphatic hydroxyl groups excluding tert-OH is 1. The Bertz CT molecular complexity index is 337. The fourth-order valence-corrected chi connectivity index (χ4v) is 2.57. The number of aryl methyl sites for hydroxylation is 1. The van der Waals surface area contributed by atoms with Crippen molar-refractivity contribution in [2.45, 2.75) is 44.6 Å². The Morgan fingerprint density at radius 2 is 1.94 bits per heavy atom. The van der Waals surface area contributed by atoms with Crippen LogP contribution in [0.1, 0.15) is 37.7 Å². The third kappa shape index (κ3) is 2.82. The molecule has 0 bridgehead atoms. The Kier molecular flexibility index (Phi) is 3.94. The maximum atomic E-state index is 13.4. The maximum Gasteiger partial charge on any atom is 0.126 e. The van der Waals surface area contributed by atoms with Crippen molar-refractivity contribution in [1.29, 1.82) is 0 Å². The predicted molar refractivity (Wildman–Crippen MR) is 62.7 cm³/mol. The van der Waals surface area contributed by atoms with E-state index in [1.54, 1.807) is 6.07 Å². The second-order valence-electron chi connectivity index (χ2n) is 4.74. The van der Waals surface area contributed by atoms with Gasteiger partial charge in [0.05, 0.1) is 6.10 Å². The normalized spacial score (nSPS) is 25.6. The topological polar surface area (TPSA) is 20.2 Å². The lowest BCUT2D eigenvalue weighted by Gasteiger charge is -2.27. The average molecular weight is 222 g/mol. The van der Waals surface area contributed by atoms with Gasteiger partial charge in [0.2, 0.25) is 0 Å². The first-order valence-electron chi connectivity index (χ1n) is 6.19. The van der Waals surface area contributed by atoms with Crippen LogP contribution in [0.5, 0.6) is 0 Å². The Hall–Kier alpha value is -0.890. The molecule has 1 aromatic rings. The summed E-state index contributed by atoms with van der Waals surface area (Å²) in [5, 5.41) is 9.82. The highest BCUT2D eigenvalue weighted by Crippen LogP contribution is 2.28. The molecule has 0 heterocycles. The summed E-state index contributed by atoms with van der Waals surface area (Å²) >= 11 is 0. The van der Waals surface area contributed by atoms with E-state index in [0.717, 1.165) is 37.7 Å². The maximum absolute atomic E-state index is 13.4. The van der Waals surface area contributed by atoms with Crippen LogP contribution in [0.15, 0.2) is 24.3 Å². The molecule has 0 saturated heterocycles. The highest BCUT2D eigenvalue weighted by atomic mass is 19.1. The van der Waals surface area contributed by atoms with Crippen LogP contribution in [0, 0.1) is 11.7 Å². The van der Waals surface area contributed by atoms with Crippen LogP contribution < -0.4 is 0 Å². The number of rotatable bonds is 3. The largest absolute Gasteiger partial charge is 0.393 e. The molecule has 88 valence electrons. The Morgan fingerprint density at radius 1 is 1.19 bits per heavy atom. The van der Waals surface area contributed by atoms with Gasteiger partial charge in [0, 0.05) is 0 Å². The zero-order chi connectivity index (χ0) is 11.4. The summed E-state index contributed by atoms with van der Waals surface area (Å²) in [6.07, 6.45) is 5.84. The fourth-order valence-electron chi connectivity index (χ4n) is 2.57. The number of halogens is 1. The molecule has 2 heteroatoms. The van der Waals surface area contributed by atoms with Crippen LogP contribution >= 0.6 is 0 Å². The molecule has 1 aromatic carbocycles. The summed E-state index contributed by atoms with van der Waals surface area (Å²) in [6.45, 7) is 0. The molecule has 0 aromatic heterocycles. The second-order valence-corrected chi connectivity index (χ2v) is 4.74. The van der Waals surface area contributed by atoms with Gasteiger partial charge in [-0.15, -0.1) is 0 Å². The molecule has 2 unspecified atom stereocenters. The van der Waals surface area contributed by atoms with E-state index >= 15 is 0 Å². The molecular formula is C14H19FO. The molecule has 1 saturated carbocycles. The van der Waals surface area contributed by atoms with E-state index in [0.29, 0.717) is 5.92 Å². The molecule has 0 spiro atoms. The Morgan fingerprint density at radius 3 is 2.69 bits per heavy atom. The number of aliphatic hydroxyl groups is 1. The highest BCUT2D eigenvalue weighted by molar-refractivity contribution is 5.17. The second kappa shape index (κ2) is 5.44. The smallest absolute Gasteiger partial charge is 0.126 e. The summed E-state index contributed by atoms with van der Waals surface area (Å²) in [5.74, 6) is 0.251. The number of hydrogen-bond acceptors (Lipinski definition) is 1. The van der Waals surface area contributed by atoms with E-state index in [4.69, 9.17) is 0 Å². The molecule has 1 fully saturated rings. The van der Waals surface area contributed by atoms with E-state index in [2.05, 4.69) is 0 Å². The molecule has 16 heavy (non-hydrogen) atoms. The van der Waals surface area contributed by atoms with Crippen LogP contribution in [-0.2, 0) is 6.42 Å². The minimum Gasteiger partial charge on any atom is -0.393 e. The van der Waals surface area contributed by atoms with Gasteiger partial charge in [0.15, 0.2) is 0 Å². The molecule has 0 amide bonds. The van der Waals surface area contributed by atoms with Gasteiger partial charge in [-0.3, -0.25) is 0 Å². The minimum atomic E-state index is -0.166. The Balaban J connectivity index is 1.89. The van der Waals surface area contributed by atoms with Gasteiger partial charge in [0.25, 0.3) is 0 Å². The van der Waals surface area contributed by atoms with Crippen LogP contribution in [0.4, 0.5) is 4.39 Å². The van der Waals surface area contributed by atoms with Crippen LogP contribution in [0.25, 0.3) is 0 Å². The van der Waals surface area contributed by atoms with Gasteiger partial charge in [0.1, 0.15) is 5.82 Å². The van der Waals surface area contributed by atoms with Crippen molar-refractivity contribution in [2.75, 3.05) is 0 Å². The summed E-state index contributed by atoms with van der Waals surface area (Å²) in [7, 11) is 0. The van der Waals surface area contributed by atoms with Crippen LogP contribution in [0.2, 0.25) is 0 Å². The van der Waals surface area contributed by atoms with Crippen LogP contribution in [0.3, 0.4) is 0 Å². The molecule has 2 atom stereocenters. The van der Waals surface area contributed by atoms with Gasteiger partial charge in [-0.05, 0) is 43.2 Å². The third-order valence-corrected chi connectivity index (χ3v) is 3.61. The summed E-state index contributed by atoms with van der Waals surface area (Å²) in [5.41, 5.74) is 0.778. The highest BCUT2D eigenvalue weighted by Gasteiger charge is 2.22. The first-order chi connectivity index (χ1) is 7.77. The van der Waals surface area contributed by atoms with Crippen molar-refractivity contribution in [3.05, 3.63) is 35.6 Å². The van der Waals surface area contributed by atoms with Crippen molar-refractivity contribution in [1.82, 2.24) is 0 Å². The first-order valence-corrected chi connectivity index (χ1v) is 6.19. The van der Waals surface area contributed by atoms with E-state index < -0.39 is 0 Å². The lowest BCUT2D eigenvalue weighted by molar-refractivity contribution is 0.0654. The van der Waals surface area contributed by atoms with Crippen molar-refractivity contribution in [3.63, 3.8) is 0 Å². The summed E-state index contributed by atoms with van der Waals surface area (Å²) < 4.78 is 13.4. The lowest BCUT2D eigenvalue weighted by atomic mass is 9.83. The number of benzene rings is 1. The summed E-state index contributed by atoms with van der Waals surface area (Å²) in [4.78, 5) is 0. The lowest BCUT2D eigenvalue weighted by Crippen LogP contribution is -2.24. The van der Waals surface area contributed by atoms with Crippen molar-refractivity contribution >= 4 is 0 Å². The molecule has 1 aliphatic carbocycles. The zero-order valence-electron chi connectivity index (χ0n) is 9.53. The number of hydrogen-bond donors (Lipinski definition) is 1. The van der Waals surface area contributed by atoms with E-state index in [-0.39, 0.29) is 11.9 Å². The molecule has 1 nitrogen and oxygen atoms in total. The van der Waals surface area contributed by atoms with E-state index in [9.17, 15) is 9.50 Å². The predicted octanol–water partition coefficient (Wildman–Crippen LogP) is 3.31. The first kappa shape index (κ1) is 11.6. The fraction of sp³-hybridized carbons (Fsp3) is 0.571. The molecule has 2 rings (SSSR count). The van der Waals surface area contributed by atoms with Gasteiger partial charge in [-0.1, -0.05) is 31.0 Å². The molecule has 1 aliphatic rings. The quantitative estimate of drug-likeness (QED) is 0.832. The van der Waals surface area contributed by atoms with Crippen molar-refractivity contribution in [2.24, 2.45) is 5.92 Å². The third-order valence-electron chi connectivity index (χ3n) is 3.61. The average Bonchev–Trinajstić information content (AvgIpc) is 2.30. The molecule has 0 radical (unpaired) electrons. The molecule has 1 N–H and O–H groups in total. The van der Waals surface area contributed by atoms with E-state index in [1.165, 1.54) is 12.5 Å². The standard InChI is InChI=1S/C14H19FO/c15-13-7-3-1-5-11(13)9-10-12-6-2-4-8-14(12)16/h1,3,5,7,12,14,16H,2,4,6,8-10H2. The minimum absolute atomic E-state index is 0.118.